The average Bonchev–Trinajstić information content (AvgIpc) is 2.74. The van der Waals surface area contributed by atoms with Crippen LogP contribution in [0.1, 0.15) is 5.56 Å². The molecule has 0 spiro atoms. The van der Waals surface area contributed by atoms with E-state index in [2.05, 4.69) is 37.8 Å². The molecule has 0 aromatic carbocycles. The number of nitrogens with zero attached hydrogens (tertiary/aromatic N) is 2. The summed E-state index contributed by atoms with van der Waals surface area (Å²) < 4.78 is 1.09. The fourth-order valence-electron chi connectivity index (χ4n) is 1.60. The predicted octanol–water partition coefficient (Wildman–Crippen LogP) is 4.13. The highest BCUT2D eigenvalue weighted by Crippen LogP contribution is 2.31. The molecule has 2 aromatic heterocycles. The van der Waals surface area contributed by atoms with Crippen LogP contribution < -0.4 is 16.2 Å². The minimum absolute atomic E-state index is 0.392. The van der Waals surface area contributed by atoms with E-state index in [1.807, 2.05) is 11.9 Å². The summed E-state index contributed by atoms with van der Waals surface area (Å²) in [6.45, 7) is 0.695. The fraction of sp³-hybridized carbons (Fsp3) is 0.182. The number of aromatic nitrogens is 1. The maximum absolute atomic E-state index is 6.16. The van der Waals surface area contributed by atoms with Gasteiger partial charge in [0.25, 0.3) is 0 Å². The molecule has 0 bridgehead atoms. The van der Waals surface area contributed by atoms with Crippen LogP contribution in [0.15, 0.2) is 21.3 Å². The van der Waals surface area contributed by atoms with Gasteiger partial charge in [0.1, 0.15) is 5.82 Å². The fourth-order valence-corrected chi connectivity index (χ4v) is 3.36. The van der Waals surface area contributed by atoms with E-state index in [0.717, 1.165) is 3.79 Å². The number of nitrogens with two attached hydrogens (primary N) is 1. The van der Waals surface area contributed by atoms with E-state index in [4.69, 9.17) is 29.0 Å². The van der Waals surface area contributed by atoms with Crippen molar-refractivity contribution in [2.24, 2.45) is 5.84 Å². The minimum atomic E-state index is 0.392. The van der Waals surface area contributed by atoms with Gasteiger partial charge in [0.05, 0.1) is 13.8 Å². The molecule has 0 unspecified atom stereocenters. The molecule has 3 N–H and O–H groups in total. The second-order valence-corrected chi connectivity index (χ2v) is 6.99. The summed E-state index contributed by atoms with van der Waals surface area (Å²) >= 11 is 17.2. The summed E-state index contributed by atoms with van der Waals surface area (Å²) in [6, 6.07) is 3.69. The second kappa shape index (κ2) is 6.28. The Hall–Kier alpha value is -0.530. The smallest absolute Gasteiger partial charge is 0.161 e. The number of halogens is 3. The number of pyridine rings is 1. The normalized spacial score (nSPS) is 10.6. The minimum Gasteiger partial charge on any atom is -0.354 e. The highest BCUT2D eigenvalue weighted by molar-refractivity contribution is 9.11. The largest absolute Gasteiger partial charge is 0.354 e. The first-order valence-corrected chi connectivity index (χ1v) is 7.71. The third-order valence-electron chi connectivity index (χ3n) is 2.45. The highest BCUT2D eigenvalue weighted by atomic mass is 79.9. The molecule has 19 heavy (non-hydrogen) atoms. The molecule has 2 rings (SSSR count). The van der Waals surface area contributed by atoms with Crippen molar-refractivity contribution >= 4 is 62.1 Å². The van der Waals surface area contributed by atoms with Gasteiger partial charge in [0, 0.05) is 13.6 Å². The summed E-state index contributed by atoms with van der Waals surface area (Å²) in [5, 5.41) is 2.95. The van der Waals surface area contributed by atoms with E-state index in [9.17, 15) is 0 Å². The Morgan fingerprint density at radius 3 is 2.74 bits per heavy atom. The number of nitrogens with one attached hydrogen (secondary N) is 1. The van der Waals surface area contributed by atoms with Crippen LogP contribution in [-0.2, 0) is 6.54 Å². The Morgan fingerprint density at radius 2 is 2.16 bits per heavy atom. The Bertz CT molecular complexity index is 590. The molecule has 2 heterocycles. The van der Waals surface area contributed by atoms with E-state index in [1.165, 1.54) is 5.56 Å². The van der Waals surface area contributed by atoms with Crippen molar-refractivity contribution in [3.63, 3.8) is 0 Å². The molecule has 0 fully saturated rings. The average molecular weight is 382 g/mol. The molecule has 102 valence electrons. The van der Waals surface area contributed by atoms with Gasteiger partial charge in [-0.1, -0.05) is 23.2 Å². The number of nitrogen functional groups attached to an aromatic ring is 1. The number of hydrogen-bond donors (Lipinski definition) is 2. The molecule has 0 saturated heterocycles. The Morgan fingerprint density at radius 1 is 1.42 bits per heavy atom. The number of hydrazine groups is 1. The van der Waals surface area contributed by atoms with Crippen LogP contribution in [-0.4, -0.2) is 12.0 Å². The van der Waals surface area contributed by atoms with Gasteiger partial charge in [-0.2, -0.15) is 0 Å². The molecular formula is C11H11BrCl2N4S. The van der Waals surface area contributed by atoms with E-state index in [1.54, 1.807) is 17.4 Å². The first kappa shape index (κ1) is 14.9. The topological polar surface area (TPSA) is 54.2 Å². The number of anilines is 2. The molecule has 0 radical (unpaired) electrons. The Labute approximate surface area is 133 Å². The highest BCUT2D eigenvalue weighted by Gasteiger charge is 2.13. The maximum atomic E-state index is 6.16. The molecular weight excluding hydrogens is 371 g/mol. The molecule has 8 heteroatoms. The lowest BCUT2D eigenvalue weighted by atomic mass is 10.3. The lowest BCUT2D eigenvalue weighted by molar-refractivity contribution is 0.901. The standard InChI is InChI=1S/C11H11BrCl2N4S/c1-18(4-6-2-9(12)19-5-6)11-8(14)3-7(13)10(16-11)17-15/h2-3,5H,4,15H2,1H3,(H,16,17). The summed E-state index contributed by atoms with van der Waals surface area (Å²) in [5.41, 5.74) is 3.63. The van der Waals surface area contributed by atoms with Crippen molar-refractivity contribution in [1.29, 1.82) is 0 Å². The van der Waals surface area contributed by atoms with E-state index in [0.29, 0.717) is 28.2 Å². The van der Waals surface area contributed by atoms with Crippen molar-refractivity contribution < 1.29 is 0 Å². The van der Waals surface area contributed by atoms with Crippen LogP contribution in [0, 0.1) is 0 Å². The Kier molecular flexibility index (Phi) is 4.92. The monoisotopic (exact) mass is 380 g/mol. The van der Waals surface area contributed by atoms with Crippen LogP contribution in [0.2, 0.25) is 10.0 Å². The van der Waals surface area contributed by atoms with Gasteiger partial charge in [-0.3, -0.25) is 0 Å². The maximum Gasteiger partial charge on any atom is 0.161 e. The SMILES string of the molecule is CN(Cc1csc(Br)c1)c1nc(NN)c(Cl)cc1Cl. The van der Waals surface area contributed by atoms with Gasteiger partial charge >= 0.3 is 0 Å². The van der Waals surface area contributed by atoms with Crippen LogP contribution in [0.3, 0.4) is 0 Å². The molecule has 0 amide bonds. The van der Waals surface area contributed by atoms with E-state index < -0.39 is 0 Å². The van der Waals surface area contributed by atoms with Crippen LogP contribution >= 0.6 is 50.5 Å². The zero-order valence-corrected chi connectivity index (χ0v) is 13.9. The van der Waals surface area contributed by atoms with Crippen molar-refractivity contribution in [3.8, 4) is 0 Å². The molecule has 0 atom stereocenters. The third kappa shape index (κ3) is 3.52. The third-order valence-corrected chi connectivity index (χ3v) is 4.57. The first-order valence-electron chi connectivity index (χ1n) is 5.28. The van der Waals surface area contributed by atoms with E-state index in [-0.39, 0.29) is 0 Å². The van der Waals surface area contributed by atoms with Crippen molar-refractivity contribution in [2.75, 3.05) is 17.4 Å². The first-order chi connectivity index (χ1) is 9.01. The molecule has 2 aromatic rings. The van der Waals surface area contributed by atoms with Gasteiger partial charge in [0.15, 0.2) is 5.82 Å². The molecule has 0 aliphatic heterocycles. The number of hydrogen-bond acceptors (Lipinski definition) is 5. The quantitative estimate of drug-likeness (QED) is 0.617. The second-order valence-electron chi connectivity index (χ2n) is 3.88. The molecule has 4 nitrogen and oxygen atoms in total. The molecule has 0 aliphatic carbocycles. The van der Waals surface area contributed by atoms with Crippen LogP contribution in [0.25, 0.3) is 0 Å². The summed E-state index contributed by atoms with van der Waals surface area (Å²) in [5.74, 6) is 6.39. The van der Waals surface area contributed by atoms with Gasteiger partial charge in [-0.05, 0) is 39.0 Å². The zero-order chi connectivity index (χ0) is 14.0. The van der Waals surface area contributed by atoms with Crippen LogP contribution in [0.4, 0.5) is 11.6 Å². The van der Waals surface area contributed by atoms with Crippen LogP contribution in [0.5, 0.6) is 0 Å². The van der Waals surface area contributed by atoms with Gasteiger partial charge in [0.2, 0.25) is 0 Å². The lowest BCUT2D eigenvalue weighted by Crippen LogP contribution is -2.19. The van der Waals surface area contributed by atoms with Crippen molar-refractivity contribution in [1.82, 2.24) is 4.98 Å². The van der Waals surface area contributed by atoms with E-state index >= 15 is 0 Å². The molecule has 0 saturated carbocycles. The summed E-state index contributed by atoms with van der Waals surface area (Å²) in [7, 11) is 1.91. The van der Waals surface area contributed by atoms with Gasteiger partial charge in [-0.25, -0.2) is 10.8 Å². The Balaban J connectivity index is 2.25. The van der Waals surface area contributed by atoms with Crippen molar-refractivity contribution in [2.45, 2.75) is 6.54 Å². The summed E-state index contributed by atoms with van der Waals surface area (Å²) in [6.07, 6.45) is 0. The van der Waals surface area contributed by atoms with Gasteiger partial charge in [-0.15, -0.1) is 11.3 Å². The predicted molar refractivity (Wildman–Crippen MR) is 86.2 cm³/mol. The lowest BCUT2D eigenvalue weighted by Gasteiger charge is -2.20. The number of thiophene rings is 1. The number of rotatable bonds is 4. The zero-order valence-electron chi connectivity index (χ0n) is 9.95. The van der Waals surface area contributed by atoms with Crippen molar-refractivity contribution in [3.05, 3.63) is 36.9 Å². The summed E-state index contributed by atoms with van der Waals surface area (Å²) in [4.78, 5) is 6.25. The molecule has 0 aliphatic rings. The van der Waals surface area contributed by atoms with Gasteiger partial charge < -0.3 is 10.3 Å².